The monoisotopic (exact) mass is 332 g/mol. The third-order valence-electron chi connectivity index (χ3n) is 3.74. The molecular formula is C15H22Cl2N2O2. The number of likely N-dealkylation sites (tertiary alicyclic amines) is 1. The Bertz CT molecular complexity index is 484. The lowest BCUT2D eigenvalue weighted by molar-refractivity contribution is -0.139. The Morgan fingerprint density at radius 3 is 2.86 bits per heavy atom. The van der Waals surface area contributed by atoms with Gasteiger partial charge in [-0.2, -0.15) is 0 Å². The maximum Gasteiger partial charge on any atom is 0.263 e. The predicted octanol–water partition coefficient (Wildman–Crippen LogP) is 2.72. The fourth-order valence-corrected chi connectivity index (χ4v) is 2.60. The SMILES string of the molecule is CC(Oc1cccc(Cl)c1)C(=O)N1CCC(N)C(C)C1.Cl. The van der Waals surface area contributed by atoms with Gasteiger partial charge in [-0.25, -0.2) is 0 Å². The van der Waals surface area contributed by atoms with Crippen LogP contribution >= 0.6 is 24.0 Å². The molecule has 21 heavy (non-hydrogen) atoms. The normalized spacial score (nSPS) is 23.1. The van der Waals surface area contributed by atoms with Gasteiger partial charge < -0.3 is 15.4 Å². The summed E-state index contributed by atoms with van der Waals surface area (Å²) in [5, 5.41) is 0.597. The number of carbonyl (C=O) groups is 1. The summed E-state index contributed by atoms with van der Waals surface area (Å²) in [5.74, 6) is 0.940. The Kier molecular flexibility index (Phi) is 6.78. The standard InChI is InChI=1S/C15H21ClN2O2.ClH/c1-10-9-18(7-6-14(10)17)15(19)11(2)20-13-5-3-4-12(16)8-13;/h3-5,8,10-11,14H,6-7,9,17H2,1-2H3;1H. The maximum absolute atomic E-state index is 12.4. The number of benzene rings is 1. The van der Waals surface area contributed by atoms with Crippen molar-refractivity contribution in [2.45, 2.75) is 32.4 Å². The fraction of sp³-hybridized carbons (Fsp3) is 0.533. The summed E-state index contributed by atoms with van der Waals surface area (Å²) in [5.41, 5.74) is 5.97. The summed E-state index contributed by atoms with van der Waals surface area (Å²) in [7, 11) is 0. The third-order valence-corrected chi connectivity index (χ3v) is 3.98. The van der Waals surface area contributed by atoms with Crippen molar-refractivity contribution in [1.29, 1.82) is 0 Å². The van der Waals surface area contributed by atoms with E-state index in [4.69, 9.17) is 22.1 Å². The van der Waals surface area contributed by atoms with Gasteiger partial charge in [0.2, 0.25) is 0 Å². The van der Waals surface area contributed by atoms with Crippen molar-refractivity contribution in [2.75, 3.05) is 13.1 Å². The van der Waals surface area contributed by atoms with Crippen molar-refractivity contribution in [3.05, 3.63) is 29.3 Å². The minimum atomic E-state index is -0.519. The molecule has 1 saturated heterocycles. The van der Waals surface area contributed by atoms with E-state index in [1.807, 2.05) is 4.90 Å². The van der Waals surface area contributed by atoms with E-state index in [1.54, 1.807) is 31.2 Å². The molecule has 0 saturated carbocycles. The molecule has 118 valence electrons. The largest absolute Gasteiger partial charge is 0.481 e. The number of hydrogen-bond donors (Lipinski definition) is 1. The minimum absolute atomic E-state index is 0. The van der Waals surface area contributed by atoms with Crippen LogP contribution in [-0.4, -0.2) is 36.0 Å². The molecule has 2 rings (SSSR count). The first-order chi connectivity index (χ1) is 9.47. The number of carbonyl (C=O) groups excluding carboxylic acids is 1. The molecule has 4 nitrogen and oxygen atoms in total. The molecule has 0 aromatic heterocycles. The highest BCUT2D eigenvalue weighted by Gasteiger charge is 2.29. The van der Waals surface area contributed by atoms with Gasteiger partial charge >= 0.3 is 0 Å². The highest BCUT2D eigenvalue weighted by molar-refractivity contribution is 6.30. The predicted molar refractivity (Wildman–Crippen MR) is 87.1 cm³/mol. The molecule has 1 aliphatic rings. The molecule has 0 bridgehead atoms. The molecule has 1 aromatic carbocycles. The molecular weight excluding hydrogens is 311 g/mol. The van der Waals surface area contributed by atoms with Crippen LogP contribution in [0.25, 0.3) is 0 Å². The second-order valence-electron chi connectivity index (χ2n) is 5.43. The first-order valence-corrected chi connectivity index (χ1v) is 7.31. The van der Waals surface area contributed by atoms with Crippen molar-refractivity contribution < 1.29 is 9.53 Å². The van der Waals surface area contributed by atoms with E-state index in [0.717, 1.165) is 6.42 Å². The summed E-state index contributed by atoms with van der Waals surface area (Å²) in [4.78, 5) is 14.2. The highest BCUT2D eigenvalue weighted by Crippen LogP contribution is 2.20. The molecule has 2 N–H and O–H groups in total. The van der Waals surface area contributed by atoms with E-state index in [9.17, 15) is 4.79 Å². The van der Waals surface area contributed by atoms with Crippen LogP contribution in [0.4, 0.5) is 0 Å². The van der Waals surface area contributed by atoms with Gasteiger partial charge in [-0.3, -0.25) is 4.79 Å². The maximum atomic E-state index is 12.4. The van der Waals surface area contributed by atoms with Gasteiger partial charge in [0, 0.05) is 24.2 Å². The summed E-state index contributed by atoms with van der Waals surface area (Å²) >= 11 is 5.90. The minimum Gasteiger partial charge on any atom is -0.481 e. The van der Waals surface area contributed by atoms with Crippen LogP contribution in [0, 0.1) is 5.92 Å². The van der Waals surface area contributed by atoms with E-state index in [0.29, 0.717) is 29.8 Å². The van der Waals surface area contributed by atoms with Gasteiger partial charge in [-0.1, -0.05) is 24.6 Å². The number of nitrogens with two attached hydrogens (primary N) is 1. The molecule has 1 aliphatic heterocycles. The second-order valence-corrected chi connectivity index (χ2v) is 5.87. The molecule has 1 amide bonds. The number of amides is 1. The fourth-order valence-electron chi connectivity index (χ4n) is 2.42. The Morgan fingerprint density at radius 2 is 2.24 bits per heavy atom. The zero-order valence-electron chi connectivity index (χ0n) is 12.3. The van der Waals surface area contributed by atoms with Gasteiger partial charge in [0.25, 0.3) is 5.91 Å². The summed E-state index contributed by atoms with van der Waals surface area (Å²) in [6, 6.07) is 7.26. The van der Waals surface area contributed by atoms with Crippen LogP contribution in [0.15, 0.2) is 24.3 Å². The van der Waals surface area contributed by atoms with Crippen LogP contribution in [0.2, 0.25) is 5.02 Å². The molecule has 1 aromatic rings. The first-order valence-electron chi connectivity index (χ1n) is 6.94. The second kappa shape index (κ2) is 7.87. The van der Waals surface area contributed by atoms with Gasteiger partial charge in [-0.05, 0) is 37.5 Å². The van der Waals surface area contributed by atoms with Crippen molar-refractivity contribution in [2.24, 2.45) is 11.7 Å². The molecule has 0 aliphatic carbocycles. The zero-order chi connectivity index (χ0) is 14.7. The smallest absolute Gasteiger partial charge is 0.263 e. The van der Waals surface area contributed by atoms with Crippen molar-refractivity contribution in [1.82, 2.24) is 4.90 Å². The topological polar surface area (TPSA) is 55.6 Å². The van der Waals surface area contributed by atoms with Crippen molar-refractivity contribution in [3.8, 4) is 5.75 Å². The summed E-state index contributed by atoms with van der Waals surface area (Å²) in [6.45, 7) is 5.24. The van der Waals surface area contributed by atoms with E-state index in [2.05, 4.69) is 6.92 Å². The molecule has 0 spiro atoms. The molecule has 3 atom stereocenters. The number of ether oxygens (including phenoxy) is 1. The number of rotatable bonds is 3. The average Bonchev–Trinajstić information content (AvgIpc) is 2.41. The Morgan fingerprint density at radius 1 is 1.52 bits per heavy atom. The van der Waals surface area contributed by atoms with E-state index in [-0.39, 0.29) is 24.4 Å². The molecule has 6 heteroatoms. The lowest BCUT2D eigenvalue weighted by Crippen LogP contribution is -2.51. The molecule has 3 unspecified atom stereocenters. The van der Waals surface area contributed by atoms with E-state index in [1.165, 1.54) is 0 Å². The number of piperidine rings is 1. The first kappa shape index (κ1) is 18.1. The zero-order valence-corrected chi connectivity index (χ0v) is 13.9. The van der Waals surface area contributed by atoms with Crippen molar-refractivity contribution in [3.63, 3.8) is 0 Å². The number of hydrogen-bond acceptors (Lipinski definition) is 3. The molecule has 1 heterocycles. The van der Waals surface area contributed by atoms with Crippen LogP contribution in [0.1, 0.15) is 20.3 Å². The van der Waals surface area contributed by atoms with Gasteiger partial charge in [-0.15, -0.1) is 12.4 Å². The highest BCUT2D eigenvalue weighted by atomic mass is 35.5. The van der Waals surface area contributed by atoms with Gasteiger partial charge in [0.15, 0.2) is 6.10 Å². The van der Waals surface area contributed by atoms with E-state index >= 15 is 0 Å². The lowest BCUT2D eigenvalue weighted by atomic mass is 9.94. The summed E-state index contributed by atoms with van der Waals surface area (Å²) < 4.78 is 5.67. The number of nitrogens with zero attached hydrogens (tertiary/aromatic N) is 1. The number of halogens is 2. The van der Waals surface area contributed by atoms with Crippen LogP contribution < -0.4 is 10.5 Å². The van der Waals surface area contributed by atoms with Crippen molar-refractivity contribution >= 4 is 29.9 Å². The van der Waals surface area contributed by atoms with Gasteiger partial charge in [0.1, 0.15) is 5.75 Å². The molecule has 0 radical (unpaired) electrons. The van der Waals surface area contributed by atoms with E-state index < -0.39 is 6.10 Å². The van der Waals surface area contributed by atoms with Crippen LogP contribution in [0.3, 0.4) is 0 Å². The van der Waals surface area contributed by atoms with Crippen LogP contribution in [-0.2, 0) is 4.79 Å². The van der Waals surface area contributed by atoms with Crippen LogP contribution in [0.5, 0.6) is 5.75 Å². The average molecular weight is 333 g/mol. The lowest BCUT2D eigenvalue weighted by Gasteiger charge is -2.36. The molecule has 1 fully saturated rings. The van der Waals surface area contributed by atoms with Gasteiger partial charge in [0.05, 0.1) is 0 Å². The Hall–Kier alpha value is -0.970. The quantitative estimate of drug-likeness (QED) is 0.925. The Balaban J connectivity index is 0.00000220. The third kappa shape index (κ3) is 4.77. The Labute approximate surface area is 137 Å². The summed E-state index contributed by atoms with van der Waals surface area (Å²) in [6.07, 6.45) is 0.326.